The molecule has 0 bridgehead atoms. The SMILES string of the molecule is CCCS(=O)(=O)Nc1cc(-c2ccc(=O)n(C)c2)nc(Oc2c(F)cccc2C(F)(F)F)n1. The van der Waals surface area contributed by atoms with Crippen LogP contribution in [0.1, 0.15) is 18.9 Å². The summed E-state index contributed by atoms with van der Waals surface area (Å²) in [6.07, 6.45) is -3.26. The maximum Gasteiger partial charge on any atom is 0.420 e. The van der Waals surface area contributed by atoms with Crippen LogP contribution in [-0.2, 0) is 23.2 Å². The van der Waals surface area contributed by atoms with Crippen molar-refractivity contribution in [2.24, 2.45) is 7.05 Å². The van der Waals surface area contributed by atoms with Gasteiger partial charge in [0.1, 0.15) is 11.4 Å². The lowest BCUT2D eigenvalue weighted by Gasteiger charge is -2.15. The van der Waals surface area contributed by atoms with Gasteiger partial charge in [0.05, 0.1) is 11.4 Å². The molecule has 176 valence electrons. The van der Waals surface area contributed by atoms with Gasteiger partial charge >= 0.3 is 12.2 Å². The standard InChI is InChI=1S/C20H18F4N4O4S/c1-3-9-33(30,31)27-16-10-15(12-7-8-17(29)28(2)11-12)25-19(26-16)32-18-13(20(22,23)24)5-4-6-14(18)21/h4-8,10-11H,3,9H2,1-2H3,(H,25,26,27). The van der Waals surface area contributed by atoms with Gasteiger partial charge in [-0.25, -0.2) is 12.8 Å². The van der Waals surface area contributed by atoms with Gasteiger partial charge in [-0.1, -0.05) is 13.0 Å². The zero-order chi connectivity index (χ0) is 24.4. The van der Waals surface area contributed by atoms with E-state index < -0.39 is 39.3 Å². The third kappa shape index (κ3) is 5.86. The van der Waals surface area contributed by atoms with Gasteiger partial charge in [-0.15, -0.1) is 0 Å². The number of nitrogens with zero attached hydrogens (tertiary/aromatic N) is 3. The number of hydrogen-bond donors (Lipinski definition) is 1. The Kier molecular flexibility index (Phi) is 6.72. The number of hydrogen-bond acceptors (Lipinski definition) is 6. The summed E-state index contributed by atoms with van der Waals surface area (Å²) in [4.78, 5) is 19.5. The molecule has 2 aromatic heterocycles. The minimum Gasteiger partial charge on any atom is -0.420 e. The highest BCUT2D eigenvalue weighted by Crippen LogP contribution is 2.39. The molecule has 0 spiro atoms. The van der Waals surface area contributed by atoms with Crippen molar-refractivity contribution in [3.05, 3.63) is 64.3 Å². The summed E-state index contributed by atoms with van der Waals surface area (Å²) in [5.74, 6) is -3.02. The van der Waals surface area contributed by atoms with E-state index >= 15 is 0 Å². The predicted octanol–water partition coefficient (Wildman–Crippen LogP) is 3.94. The Hall–Kier alpha value is -3.48. The summed E-state index contributed by atoms with van der Waals surface area (Å²) < 4.78 is 87.1. The van der Waals surface area contributed by atoms with Gasteiger partial charge in [-0.3, -0.25) is 9.52 Å². The summed E-state index contributed by atoms with van der Waals surface area (Å²) in [5.41, 5.74) is -1.40. The Morgan fingerprint density at radius 1 is 1.15 bits per heavy atom. The van der Waals surface area contributed by atoms with E-state index in [1.807, 2.05) is 0 Å². The third-order valence-corrected chi connectivity index (χ3v) is 5.75. The van der Waals surface area contributed by atoms with Gasteiger partial charge in [0.25, 0.3) is 0 Å². The molecule has 0 amide bonds. The zero-order valence-electron chi connectivity index (χ0n) is 17.4. The molecule has 8 nitrogen and oxygen atoms in total. The van der Waals surface area contributed by atoms with Crippen LogP contribution < -0.4 is 15.0 Å². The van der Waals surface area contributed by atoms with Gasteiger partial charge < -0.3 is 9.30 Å². The van der Waals surface area contributed by atoms with Gasteiger partial charge in [0, 0.05) is 30.9 Å². The van der Waals surface area contributed by atoms with E-state index in [-0.39, 0.29) is 22.8 Å². The molecular formula is C20H18F4N4O4S. The fourth-order valence-corrected chi connectivity index (χ4v) is 3.89. The van der Waals surface area contributed by atoms with Crippen LogP contribution in [0, 0.1) is 5.82 Å². The number of benzene rings is 1. The Balaban J connectivity index is 2.14. The van der Waals surface area contributed by atoms with Crippen molar-refractivity contribution in [3.8, 4) is 23.0 Å². The van der Waals surface area contributed by atoms with E-state index in [1.165, 1.54) is 36.0 Å². The minimum atomic E-state index is -4.93. The molecule has 1 aromatic carbocycles. The van der Waals surface area contributed by atoms with Crippen molar-refractivity contribution in [3.63, 3.8) is 0 Å². The van der Waals surface area contributed by atoms with Crippen LogP contribution in [0.5, 0.6) is 11.8 Å². The number of pyridine rings is 1. The number of aryl methyl sites for hydroxylation is 1. The quantitative estimate of drug-likeness (QED) is 0.508. The first-order valence-corrected chi connectivity index (χ1v) is 11.1. The van der Waals surface area contributed by atoms with E-state index in [4.69, 9.17) is 4.74 Å². The summed E-state index contributed by atoms with van der Waals surface area (Å²) in [6.45, 7) is 1.64. The van der Waals surface area contributed by atoms with Crippen molar-refractivity contribution in [2.75, 3.05) is 10.5 Å². The normalized spacial score (nSPS) is 11.9. The van der Waals surface area contributed by atoms with Crippen molar-refractivity contribution >= 4 is 15.8 Å². The second kappa shape index (κ2) is 9.17. The number of para-hydroxylation sites is 1. The van der Waals surface area contributed by atoms with Crippen LogP contribution in [0.2, 0.25) is 0 Å². The largest absolute Gasteiger partial charge is 0.420 e. The monoisotopic (exact) mass is 486 g/mol. The Morgan fingerprint density at radius 3 is 2.52 bits per heavy atom. The number of rotatable bonds is 7. The smallest absolute Gasteiger partial charge is 0.420 e. The predicted molar refractivity (Wildman–Crippen MR) is 112 cm³/mol. The molecule has 0 saturated carbocycles. The van der Waals surface area contributed by atoms with Crippen molar-refractivity contribution in [1.29, 1.82) is 0 Å². The molecule has 0 saturated heterocycles. The van der Waals surface area contributed by atoms with Gasteiger partial charge in [-0.05, 0) is 24.6 Å². The number of anilines is 1. The van der Waals surface area contributed by atoms with Crippen LogP contribution >= 0.6 is 0 Å². The molecule has 0 aliphatic heterocycles. The first-order valence-electron chi connectivity index (χ1n) is 9.50. The number of aromatic nitrogens is 3. The van der Waals surface area contributed by atoms with Crippen molar-refractivity contribution in [2.45, 2.75) is 19.5 Å². The topological polar surface area (TPSA) is 103 Å². The molecule has 13 heteroatoms. The molecule has 0 radical (unpaired) electrons. The van der Waals surface area contributed by atoms with Gasteiger partial charge in [-0.2, -0.15) is 23.1 Å². The summed E-state index contributed by atoms with van der Waals surface area (Å²) in [6, 6.07) is 5.35. The number of sulfonamides is 1. The lowest BCUT2D eigenvalue weighted by atomic mass is 10.2. The highest BCUT2D eigenvalue weighted by molar-refractivity contribution is 7.92. The second-order valence-corrected chi connectivity index (χ2v) is 8.77. The highest BCUT2D eigenvalue weighted by Gasteiger charge is 2.36. The highest BCUT2D eigenvalue weighted by atomic mass is 32.2. The van der Waals surface area contributed by atoms with Gasteiger partial charge in [0.15, 0.2) is 11.6 Å². The average Bonchev–Trinajstić information content (AvgIpc) is 2.70. The Labute approximate surface area is 185 Å². The third-order valence-electron chi connectivity index (χ3n) is 4.29. The van der Waals surface area contributed by atoms with E-state index in [0.717, 1.165) is 12.1 Å². The lowest BCUT2D eigenvalue weighted by molar-refractivity contribution is -0.138. The number of halogens is 4. The maximum absolute atomic E-state index is 14.2. The molecule has 0 unspecified atom stereocenters. The molecule has 0 fully saturated rings. The molecular weight excluding hydrogens is 468 g/mol. The van der Waals surface area contributed by atoms with E-state index in [9.17, 15) is 30.8 Å². The molecule has 0 aliphatic rings. The molecule has 1 N–H and O–H groups in total. The maximum atomic E-state index is 14.2. The van der Waals surface area contributed by atoms with Gasteiger partial charge in [0.2, 0.25) is 15.6 Å². The molecule has 0 aliphatic carbocycles. The molecule has 33 heavy (non-hydrogen) atoms. The minimum absolute atomic E-state index is 0.0229. The van der Waals surface area contributed by atoms with Crippen LogP contribution in [0.15, 0.2) is 47.4 Å². The molecule has 2 heterocycles. The summed E-state index contributed by atoms with van der Waals surface area (Å²) >= 11 is 0. The van der Waals surface area contributed by atoms with Crippen LogP contribution in [-0.4, -0.2) is 28.7 Å². The van der Waals surface area contributed by atoms with E-state index in [1.54, 1.807) is 6.92 Å². The van der Waals surface area contributed by atoms with Crippen LogP contribution in [0.3, 0.4) is 0 Å². The van der Waals surface area contributed by atoms with Crippen molar-refractivity contribution < 1.29 is 30.7 Å². The first kappa shape index (κ1) is 24.2. The van der Waals surface area contributed by atoms with Crippen molar-refractivity contribution in [1.82, 2.24) is 14.5 Å². The molecule has 3 aromatic rings. The fourth-order valence-electron chi connectivity index (χ4n) is 2.82. The molecule has 3 rings (SSSR count). The van der Waals surface area contributed by atoms with E-state index in [2.05, 4.69) is 14.7 Å². The Bertz CT molecular complexity index is 1340. The molecule has 0 atom stereocenters. The first-order chi connectivity index (χ1) is 15.4. The Morgan fingerprint density at radius 2 is 1.88 bits per heavy atom. The number of nitrogens with one attached hydrogen (secondary N) is 1. The average molecular weight is 486 g/mol. The second-order valence-electron chi connectivity index (χ2n) is 6.93. The summed E-state index contributed by atoms with van der Waals surface area (Å²) in [5, 5.41) is 0. The lowest BCUT2D eigenvalue weighted by Crippen LogP contribution is -2.18. The van der Waals surface area contributed by atoms with Crippen LogP contribution in [0.4, 0.5) is 23.4 Å². The fraction of sp³-hybridized carbons (Fsp3) is 0.250. The van der Waals surface area contributed by atoms with Crippen LogP contribution in [0.25, 0.3) is 11.3 Å². The number of alkyl halides is 3. The summed E-state index contributed by atoms with van der Waals surface area (Å²) in [7, 11) is -2.37. The zero-order valence-corrected chi connectivity index (χ0v) is 18.2. The number of ether oxygens (including phenoxy) is 1. The van der Waals surface area contributed by atoms with E-state index in [0.29, 0.717) is 18.1 Å².